The maximum absolute atomic E-state index is 5.68. The van der Waals surface area contributed by atoms with Crippen molar-refractivity contribution in [3.8, 4) is 5.75 Å². The zero-order valence-corrected chi connectivity index (χ0v) is 7.95. The van der Waals surface area contributed by atoms with E-state index < -0.39 is 0 Å². The van der Waals surface area contributed by atoms with E-state index in [-0.39, 0.29) is 11.0 Å². The molecule has 0 atom stereocenters. The van der Waals surface area contributed by atoms with E-state index in [4.69, 9.17) is 24.2 Å². The zero-order chi connectivity index (χ0) is 8.27. The largest absolute Gasteiger partial charge is 0.870 e. The van der Waals surface area contributed by atoms with Crippen molar-refractivity contribution >= 4 is 24.9 Å². The van der Waals surface area contributed by atoms with Crippen molar-refractivity contribution < 1.29 is 15.7 Å². The summed E-state index contributed by atoms with van der Waals surface area (Å²) in [6.45, 7) is 2.53. The molecule has 0 aliphatic carbocycles. The minimum atomic E-state index is 0. The quantitative estimate of drug-likeness (QED) is 0.673. The second-order valence-corrected chi connectivity index (χ2v) is 2.55. The van der Waals surface area contributed by atoms with E-state index in [9.17, 15) is 0 Å². The number of benzene rings is 1. The molecule has 0 heterocycles. The van der Waals surface area contributed by atoms with Crippen molar-refractivity contribution in [3.05, 3.63) is 23.2 Å². The number of halogens is 1. The van der Waals surface area contributed by atoms with Crippen LogP contribution in [0.1, 0.15) is 6.92 Å². The summed E-state index contributed by atoms with van der Waals surface area (Å²) in [5.74, 6) is 0.692. The number of ether oxygens (including phenoxy) is 1. The van der Waals surface area contributed by atoms with Crippen LogP contribution in [-0.4, -0.2) is 25.4 Å². The number of hydrogen-bond acceptors (Lipinski definition) is 3. The first-order valence-electron chi connectivity index (χ1n) is 3.42. The number of rotatable bonds is 2. The molecule has 13 heavy (non-hydrogen) atoms. The first kappa shape index (κ1) is 14.8. The molecule has 0 bridgehead atoms. The van der Waals surface area contributed by atoms with Gasteiger partial charge in [0.15, 0.2) is 0 Å². The molecule has 0 radical (unpaired) electrons. The molecule has 0 saturated carbocycles. The minimum Gasteiger partial charge on any atom is -0.870 e. The average Bonchev–Trinajstić information content (AvgIpc) is 1.95. The molecule has 0 aromatic heterocycles. The predicted octanol–water partition coefficient (Wildman–Crippen LogP) is 1.18. The van der Waals surface area contributed by atoms with Gasteiger partial charge in [-0.2, -0.15) is 0 Å². The molecule has 3 nitrogen and oxygen atoms in total. The van der Waals surface area contributed by atoms with Gasteiger partial charge in [0.25, 0.3) is 0 Å². The van der Waals surface area contributed by atoms with Gasteiger partial charge in [0, 0.05) is 0 Å². The Kier molecular flexibility index (Phi) is 7.71. The van der Waals surface area contributed by atoms with Gasteiger partial charge in [-0.05, 0) is 0 Å². The van der Waals surface area contributed by atoms with Gasteiger partial charge in [0.05, 0.1) is 0 Å². The van der Waals surface area contributed by atoms with Crippen LogP contribution < -0.4 is 10.2 Å². The topological polar surface area (TPSA) is 69.2 Å². The van der Waals surface area contributed by atoms with E-state index in [1.807, 2.05) is 6.92 Å². The van der Waals surface area contributed by atoms with Crippen LogP contribution in [0.25, 0.3) is 0 Å². The summed E-state index contributed by atoms with van der Waals surface area (Å²) >= 11 is 5.68. The van der Waals surface area contributed by atoms with Gasteiger partial charge < -0.3 is 11.0 Å². The molecule has 1 aromatic carbocycles. The van der Waals surface area contributed by atoms with Crippen LogP contribution in [0, 0.1) is 0 Å². The Morgan fingerprint density at radius 1 is 1.38 bits per heavy atom. The Labute approximate surface area is 83.7 Å². The molecule has 5 heteroatoms. The Morgan fingerprint density at radius 2 is 2.00 bits per heavy atom. The van der Waals surface area contributed by atoms with Crippen LogP contribution in [0.3, 0.4) is 0 Å². The molecule has 0 spiro atoms. The van der Waals surface area contributed by atoms with Gasteiger partial charge in [-0.1, -0.05) is 0 Å². The normalized spacial score (nSPS) is 8.31. The van der Waals surface area contributed by atoms with Crippen LogP contribution in [0.2, 0.25) is 5.02 Å². The minimum absolute atomic E-state index is 0. The van der Waals surface area contributed by atoms with Crippen molar-refractivity contribution in [1.29, 1.82) is 0 Å². The molecular formula is C8H10BClO3. The van der Waals surface area contributed by atoms with Gasteiger partial charge in [-0.15, -0.1) is 0 Å². The molecule has 1 aromatic rings. The van der Waals surface area contributed by atoms with Crippen molar-refractivity contribution in [1.82, 2.24) is 0 Å². The van der Waals surface area contributed by atoms with Crippen LogP contribution >= 0.6 is 11.6 Å². The molecule has 70 valence electrons. The predicted molar refractivity (Wildman–Crippen MR) is 51.9 cm³/mol. The van der Waals surface area contributed by atoms with Gasteiger partial charge in [0.2, 0.25) is 0 Å². The van der Waals surface area contributed by atoms with E-state index in [1.54, 1.807) is 18.2 Å². The summed E-state index contributed by atoms with van der Waals surface area (Å²) in [5.41, 5.74) is 0.583. The Hall–Kier alpha value is -0.705. The van der Waals surface area contributed by atoms with E-state index in [0.717, 1.165) is 0 Å². The van der Waals surface area contributed by atoms with Crippen LogP contribution in [0.15, 0.2) is 18.2 Å². The summed E-state index contributed by atoms with van der Waals surface area (Å²) in [4.78, 5) is 0. The maximum atomic E-state index is 5.68. The smallest absolute Gasteiger partial charge is 0.870 e. The van der Waals surface area contributed by atoms with Crippen molar-refractivity contribution in [2.45, 2.75) is 6.92 Å². The molecule has 0 aliphatic rings. The van der Waals surface area contributed by atoms with Gasteiger partial charge in [-0.3, -0.25) is 0 Å². The summed E-state index contributed by atoms with van der Waals surface area (Å²) in [6.07, 6.45) is 0. The van der Waals surface area contributed by atoms with Crippen molar-refractivity contribution in [3.63, 3.8) is 0 Å². The standard InChI is InChI=1S/C8H8BClO.2H2O/c1-2-11-8-4-3-6(10)5-7(8)9;;/h3-5H,2H2,1H3;2*1H2/q+2;;/p-2. The monoisotopic (exact) mass is 200 g/mol. The first-order chi connectivity index (χ1) is 5.24. The summed E-state index contributed by atoms with van der Waals surface area (Å²) in [6, 6.07) is 5.19. The Bertz CT molecular complexity index is 255. The second kappa shape index (κ2) is 6.77. The van der Waals surface area contributed by atoms with E-state index >= 15 is 0 Å². The third kappa shape index (κ3) is 4.17. The molecule has 0 aliphatic heterocycles. The summed E-state index contributed by atoms with van der Waals surface area (Å²) in [5, 5.41) is 0.631. The molecule has 1 rings (SSSR count). The molecule has 0 fully saturated rings. The van der Waals surface area contributed by atoms with E-state index in [2.05, 4.69) is 0 Å². The fourth-order valence-corrected chi connectivity index (χ4v) is 0.987. The van der Waals surface area contributed by atoms with Crippen LogP contribution in [0.5, 0.6) is 5.75 Å². The summed E-state index contributed by atoms with van der Waals surface area (Å²) in [7, 11) is 5.60. The third-order valence-corrected chi connectivity index (χ3v) is 1.51. The third-order valence-electron chi connectivity index (χ3n) is 1.27. The molecular weight excluding hydrogens is 190 g/mol. The van der Waals surface area contributed by atoms with Gasteiger partial charge in [-0.25, -0.2) is 0 Å². The summed E-state index contributed by atoms with van der Waals surface area (Å²) < 4.78 is 5.21. The first-order valence-corrected chi connectivity index (χ1v) is 3.79. The maximum Gasteiger partial charge on any atom is -0.870 e. The van der Waals surface area contributed by atoms with Gasteiger partial charge in [0.1, 0.15) is 0 Å². The number of hydrogen-bond donors (Lipinski definition) is 0. The SMILES string of the molecule is [B+2]c1cc(Cl)ccc1OCC.[OH-].[OH-]. The fraction of sp³-hybridized carbons (Fsp3) is 0.250. The van der Waals surface area contributed by atoms with Gasteiger partial charge >= 0.3 is 72.1 Å². The zero-order valence-electron chi connectivity index (χ0n) is 7.20. The molecule has 2 N–H and O–H groups in total. The fourth-order valence-electron chi connectivity index (χ4n) is 0.806. The Balaban J connectivity index is 0. The molecule has 0 unspecified atom stereocenters. The Morgan fingerprint density at radius 3 is 2.46 bits per heavy atom. The van der Waals surface area contributed by atoms with E-state index in [0.29, 0.717) is 22.8 Å². The molecule has 0 saturated heterocycles. The second-order valence-electron chi connectivity index (χ2n) is 2.12. The average molecular weight is 200 g/mol. The van der Waals surface area contributed by atoms with Crippen LogP contribution in [0.4, 0.5) is 0 Å². The van der Waals surface area contributed by atoms with E-state index in [1.165, 1.54) is 0 Å². The van der Waals surface area contributed by atoms with Crippen LogP contribution in [-0.2, 0) is 0 Å². The van der Waals surface area contributed by atoms with Crippen molar-refractivity contribution in [2.24, 2.45) is 0 Å². The molecule has 0 amide bonds. The van der Waals surface area contributed by atoms with Crippen molar-refractivity contribution in [2.75, 3.05) is 6.61 Å².